The van der Waals surface area contributed by atoms with Crippen LogP contribution in [-0.2, 0) is 24.2 Å². The number of ether oxygens (including phenoxy) is 2. The zero-order valence-electron chi connectivity index (χ0n) is 15.1. The second kappa shape index (κ2) is 7.03. The third kappa shape index (κ3) is 3.16. The van der Waals surface area contributed by atoms with Crippen molar-refractivity contribution in [3.05, 3.63) is 45.3 Å². The van der Waals surface area contributed by atoms with Crippen LogP contribution in [0, 0.1) is 0 Å². The molecule has 1 N–H and O–H groups in total. The number of carbonyl (C=O) groups excluding carboxylic acids is 1. The Balaban J connectivity index is 1.60. The van der Waals surface area contributed by atoms with Gasteiger partial charge in [-0.1, -0.05) is 0 Å². The van der Waals surface area contributed by atoms with E-state index in [1.807, 2.05) is 0 Å². The summed E-state index contributed by atoms with van der Waals surface area (Å²) in [5.41, 5.74) is 1.43. The molecule has 0 spiro atoms. The number of aryl methyl sites for hydroxylation is 2. The van der Waals surface area contributed by atoms with E-state index in [4.69, 9.17) is 9.47 Å². The van der Waals surface area contributed by atoms with Crippen LogP contribution >= 0.6 is 11.3 Å². The lowest BCUT2D eigenvalue weighted by molar-refractivity contribution is -0.116. The molecule has 0 atom stereocenters. The molecule has 0 radical (unpaired) electrons. The van der Waals surface area contributed by atoms with Crippen LogP contribution in [0.15, 0.2) is 29.3 Å². The van der Waals surface area contributed by atoms with Gasteiger partial charge < -0.3 is 14.8 Å². The number of hydrogen-bond acceptors (Lipinski definition) is 6. The Bertz CT molecular complexity index is 1090. The highest BCUT2D eigenvalue weighted by Crippen LogP contribution is 2.34. The average molecular weight is 385 g/mol. The third-order valence-electron chi connectivity index (χ3n) is 4.69. The Morgan fingerprint density at radius 3 is 2.93 bits per heavy atom. The molecule has 1 aromatic carbocycles. The standard InChI is InChI=1S/C19H19N3O4S/c1-25-11-6-7-14(26-2)13(8-11)21-16(23)9-22-10-20-18-17(19(22)24)12-4-3-5-15(12)27-18/h6-8,10H,3-5,9H2,1-2H3,(H,21,23). The molecule has 140 valence electrons. The van der Waals surface area contributed by atoms with Crippen LogP contribution in [-0.4, -0.2) is 29.7 Å². The molecule has 0 saturated heterocycles. The lowest BCUT2D eigenvalue weighted by Crippen LogP contribution is -2.28. The summed E-state index contributed by atoms with van der Waals surface area (Å²) in [7, 11) is 3.07. The summed E-state index contributed by atoms with van der Waals surface area (Å²) >= 11 is 1.58. The first-order valence-corrected chi connectivity index (χ1v) is 9.44. The van der Waals surface area contributed by atoms with Crippen molar-refractivity contribution in [3.8, 4) is 11.5 Å². The molecule has 4 rings (SSSR count). The Labute approximate surface area is 159 Å². The summed E-state index contributed by atoms with van der Waals surface area (Å²) in [5, 5.41) is 3.45. The SMILES string of the molecule is COc1ccc(OC)c(NC(=O)Cn2cnc3sc4c(c3c2=O)CCC4)c1. The minimum Gasteiger partial charge on any atom is -0.497 e. The lowest BCUT2D eigenvalue weighted by atomic mass is 10.2. The van der Waals surface area contributed by atoms with Crippen LogP contribution in [0.4, 0.5) is 5.69 Å². The molecular weight excluding hydrogens is 366 g/mol. The number of nitrogens with zero attached hydrogens (tertiary/aromatic N) is 2. The molecule has 0 saturated carbocycles. The fraction of sp³-hybridized carbons (Fsp3) is 0.316. The first-order valence-electron chi connectivity index (χ1n) is 8.62. The Morgan fingerprint density at radius 1 is 1.30 bits per heavy atom. The monoisotopic (exact) mass is 385 g/mol. The van der Waals surface area contributed by atoms with E-state index in [1.54, 1.807) is 36.6 Å². The summed E-state index contributed by atoms with van der Waals surface area (Å²) in [6.45, 7) is -0.118. The van der Waals surface area contributed by atoms with Crippen LogP contribution in [0.2, 0.25) is 0 Å². The largest absolute Gasteiger partial charge is 0.497 e. The molecule has 0 fully saturated rings. The van der Waals surface area contributed by atoms with Gasteiger partial charge in [-0.3, -0.25) is 14.2 Å². The first-order chi connectivity index (χ1) is 13.1. The summed E-state index contributed by atoms with van der Waals surface area (Å²) in [5.74, 6) is 0.776. The molecule has 8 heteroatoms. The van der Waals surface area contributed by atoms with Gasteiger partial charge in [0.2, 0.25) is 5.91 Å². The number of methoxy groups -OCH3 is 2. The predicted octanol–water partition coefficient (Wildman–Crippen LogP) is 2.60. The van der Waals surface area contributed by atoms with Gasteiger partial charge in [-0.25, -0.2) is 4.98 Å². The highest BCUT2D eigenvalue weighted by Gasteiger charge is 2.21. The number of anilines is 1. The van der Waals surface area contributed by atoms with Crippen LogP contribution < -0.4 is 20.3 Å². The molecule has 2 heterocycles. The van der Waals surface area contributed by atoms with Gasteiger partial charge in [0.25, 0.3) is 5.56 Å². The lowest BCUT2D eigenvalue weighted by Gasteiger charge is -2.12. The smallest absolute Gasteiger partial charge is 0.262 e. The summed E-state index contributed by atoms with van der Waals surface area (Å²) < 4.78 is 11.8. The maximum atomic E-state index is 12.9. The highest BCUT2D eigenvalue weighted by molar-refractivity contribution is 7.18. The molecule has 0 unspecified atom stereocenters. The third-order valence-corrected chi connectivity index (χ3v) is 5.89. The van der Waals surface area contributed by atoms with Crippen molar-refractivity contribution >= 4 is 33.1 Å². The average Bonchev–Trinajstić information content (AvgIpc) is 3.25. The highest BCUT2D eigenvalue weighted by atomic mass is 32.1. The van der Waals surface area contributed by atoms with Crippen molar-refractivity contribution in [3.63, 3.8) is 0 Å². The minimum atomic E-state index is -0.336. The zero-order chi connectivity index (χ0) is 19.0. The van der Waals surface area contributed by atoms with Gasteiger partial charge in [0.1, 0.15) is 22.9 Å². The molecule has 27 heavy (non-hydrogen) atoms. The predicted molar refractivity (Wildman–Crippen MR) is 104 cm³/mol. The van der Waals surface area contributed by atoms with E-state index in [2.05, 4.69) is 10.3 Å². The molecule has 1 aliphatic rings. The number of amides is 1. The number of hydrogen-bond donors (Lipinski definition) is 1. The number of thiophene rings is 1. The first kappa shape index (κ1) is 17.5. The van der Waals surface area contributed by atoms with Gasteiger partial charge in [-0.05, 0) is 37.0 Å². The molecule has 0 aliphatic heterocycles. The number of fused-ring (bicyclic) bond motifs is 3. The van der Waals surface area contributed by atoms with E-state index in [9.17, 15) is 9.59 Å². The van der Waals surface area contributed by atoms with Crippen molar-refractivity contribution in [1.29, 1.82) is 0 Å². The molecule has 1 amide bonds. The number of nitrogens with one attached hydrogen (secondary N) is 1. The van der Waals surface area contributed by atoms with Gasteiger partial charge in [-0.15, -0.1) is 11.3 Å². The van der Waals surface area contributed by atoms with Gasteiger partial charge in [0.15, 0.2) is 0 Å². The number of carbonyl (C=O) groups is 1. The fourth-order valence-electron chi connectivity index (χ4n) is 3.39. The topological polar surface area (TPSA) is 82.4 Å². The Hall–Kier alpha value is -2.87. The van der Waals surface area contributed by atoms with Gasteiger partial charge in [0, 0.05) is 10.9 Å². The summed E-state index contributed by atoms with van der Waals surface area (Å²) in [6, 6.07) is 5.13. The Morgan fingerprint density at radius 2 is 2.15 bits per heavy atom. The number of aromatic nitrogens is 2. The molecule has 2 aromatic heterocycles. The number of rotatable bonds is 5. The molecule has 0 bridgehead atoms. The second-order valence-corrected chi connectivity index (χ2v) is 7.41. The van der Waals surface area contributed by atoms with Crippen LogP contribution in [0.3, 0.4) is 0 Å². The van der Waals surface area contributed by atoms with E-state index in [0.29, 0.717) is 22.6 Å². The fourth-order valence-corrected chi connectivity index (χ4v) is 4.61. The van der Waals surface area contributed by atoms with Gasteiger partial charge in [-0.2, -0.15) is 0 Å². The normalized spacial score (nSPS) is 12.8. The molecule has 3 aromatic rings. The maximum Gasteiger partial charge on any atom is 0.262 e. The quantitative estimate of drug-likeness (QED) is 0.730. The minimum absolute atomic E-state index is 0.118. The maximum absolute atomic E-state index is 12.9. The zero-order valence-corrected chi connectivity index (χ0v) is 15.9. The van der Waals surface area contributed by atoms with Crippen molar-refractivity contribution in [1.82, 2.24) is 9.55 Å². The number of benzene rings is 1. The summed E-state index contributed by atoms with van der Waals surface area (Å²) in [6.07, 6.45) is 4.43. The van der Waals surface area contributed by atoms with E-state index in [1.165, 1.54) is 22.9 Å². The molecule has 1 aliphatic carbocycles. The van der Waals surface area contributed by atoms with Crippen LogP contribution in [0.1, 0.15) is 16.9 Å². The van der Waals surface area contributed by atoms with Crippen molar-refractivity contribution < 1.29 is 14.3 Å². The van der Waals surface area contributed by atoms with Crippen molar-refractivity contribution in [2.24, 2.45) is 0 Å². The van der Waals surface area contributed by atoms with Crippen molar-refractivity contribution in [2.75, 3.05) is 19.5 Å². The summed E-state index contributed by atoms with van der Waals surface area (Å²) in [4.78, 5) is 31.8. The second-order valence-electron chi connectivity index (χ2n) is 6.33. The van der Waals surface area contributed by atoms with Crippen molar-refractivity contribution in [2.45, 2.75) is 25.8 Å². The van der Waals surface area contributed by atoms with E-state index >= 15 is 0 Å². The van der Waals surface area contributed by atoms with Gasteiger partial charge in [0.05, 0.1) is 31.6 Å². The van der Waals surface area contributed by atoms with Gasteiger partial charge >= 0.3 is 0 Å². The molecule has 7 nitrogen and oxygen atoms in total. The van der Waals surface area contributed by atoms with E-state index in [0.717, 1.165) is 29.7 Å². The van der Waals surface area contributed by atoms with Crippen LogP contribution in [0.25, 0.3) is 10.2 Å². The van der Waals surface area contributed by atoms with Crippen LogP contribution in [0.5, 0.6) is 11.5 Å². The Kier molecular flexibility index (Phi) is 4.57. The molecular formula is C19H19N3O4S. The van der Waals surface area contributed by atoms with E-state index < -0.39 is 0 Å². The van der Waals surface area contributed by atoms with E-state index in [-0.39, 0.29) is 18.0 Å².